The SMILES string of the molecule is CC(C)CC(=O)NCCn1nc(-c2cccs2)n(C2CC2)c1=O. The smallest absolute Gasteiger partial charge is 0.346 e. The Hall–Kier alpha value is -1.89. The van der Waals surface area contributed by atoms with Gasteiger partial charge in [0, 0.05) is 19.0 Å². The molecule has 1 aliphatic carbocycles. The van der Waals surface area contributed by atoms with Crippen molar-refractivity contribution in [2.45, 2.75) is 45.7 Å². The minimum atomic E-state index is -0.0750. The summed E-state index contributed by atoms with van der Waals surface area (Å²) in [6.45, 7) is 4.85. The number of hydrogen-bond acceptors (Lipinski definition) is 4. The fraction of sp³-hybridized carbons (Fsp3) is 0.562. The molecule has 6 nitrogen and oxygen atoms in total. The van der Waals surface area contributed by atoms with Gasteiger partial charge < -0.3 is 5.32 Å². The van der Waals surface area contributed by atoms with Gasteiger partial charge >= 0.3 is 5.69 Å². The molecule has 2 heterocycles. The van der Waals surface area contributed by atoms with E-state index in [4.69, 9.17) is 0 Å². The second kappa shape index (κ2) is 6.70. The van der Waals surface area contributed by atoms with Crippen LogP contribution in [-0.4, -0.2) is 26.8 Å². The fourth-order valence-electron chi connectivity index (χ4n) is 2.55. The first-order valence-corrected chi connectivity index (χ1v) is 8.94. The highest BCUT2D eigenvalue weighted by atomic mass is 32.1. The number of aromatic nitrogens is 3. The number of nitrogens with one attached hydrogen (secondary N) is 1. The molecule has 0 aromatic carbocycles. The summed E-state index contributed by atoms with van der Waals surface area (Å²) in [6.07, 6.45) is 2.58. The van der Waals surface area contributed by atoms with Gasteiger partial charge in [-0.1, -0.05) is 19.9 Å². The van der Waals surface area contributed by atoms with E-state index in [-0.39, 0.29) is 17.6 Å². The largest absolute Gasteiger partial charge is 0.354 e. The number of rotatable bonds is 7. The number of hydrogen-bond donors (Lipinski definition) is 1. The zero-order chi connectivity index (χ0) is 16.4. The Labute approximate surface area is 139 Å². The van der Waals surface area contributed by atoms with Crippen LogP contribution in [0.25, 0.3) is 10.7 Å². The Balaban J connectivity index is 1.72. The predicted octanol–water partition coefficient (Wildman–Crippen LogP) is 2.27. The molecule has 23 heavy (non-hydrogen) atoms. The fourth-order valence-corrected chi connectivity index (χ4v) is 3.25. The maximum Gasteiger partial charge on any atom is 0.346 e. The van der Waals surface area contributed by atoms with Crippen molar-refractivity contribution < 1.29 is 4.79 Å². The summed E-state index contributed by atoms with van der Waals surface area (Å²) in [6, 6.07) is 4.23. The second-order valence-electron chi connectivity index (χ2n) is 6.36. The highest BCUT2D eigenvalue weighted by molar-refractivity contribution is 7.13. The minimum Gasteiger partial charge on any atom is -0.354 e. The Morgan fingerprint density at radius 3 is 2.87 bits per heavy atom. The third kappa shape index (κ3) is 3.72. The first-order valence-electron chi connectivity index (χ1n) is 8.06. The molecular formula is C16H22N4O2S. The van der Waals surface area contributed by atoms with E-state index in [0.29, 0.717) is 25.4 Å². The Bertz CT molecular complexity index is 726. The zero-order valence-electron chi connectivity index (χ0n) is 13.5. The van der Waals surface area contributed by atoms with Crippen molar-refractivity contribution in [1.82, 2.24) is 19.7 Å². The average molecular weight is 334 g/mol. The van der Waals surface area contributed by atoms with Crippen molar-refractivity contribution in [3.8, 4) is 10.7 Å². The molecule has 7 heteroatoms. The highest BCUT2D eigenvalue weighted by Gasteiger charge is 2.30. The summed E-state index contributed by atoms with van der Waals surface area (Å²) in [5, 5.41) is 9.34. The standard InChI is InChI=1S/C16H22N4O2S/c1-11(2)10-14(21)17-7-8-19-16(22)20(12-5-6-12)15(18-19)13-4-3-9-23-13/h3-4,9,11-12H,5-8,10H2,1-2H3,(H,17,21). The molecule has 1 saturated carbocycles. The van der Waals surface area contributed by atoms with E-state index in [1.807, 2.05) is 35.9 Å². The van der Waals surface area contributed by atoms with Crippen molar-refractivity contribution >= 4 is 17.2 Å². The van der Waals surface area contributed by atoms with Crippen molar-refractivity contribution in [2.75, 3.05) is 6.54 Å². The Morgan fingerprint density at radius 1 is 1.48 bits per heavy atom. The third-order valence-electron chi connectivity index (χ3n) is 3.76. The van der Waals surface area contributed by atoms with Gasteiger partial charge in [0.1, 0.15) is 0 Å². The van der Waals surface area contributed by atoms with E-state index < -0.39 is 0 Å². The Morgan fingerprint density at radius 2 is 2.26 bits per heavy atom. The van der Waals surface area contributed by atoms with Crippen LogP contribution in [0.15, 0.2) is 22.3 Å². The van der Waals surface area contributed by atoms with Gasteiger partial charge in [-0.25, -0.2) is 9.48 Å². The monoisotopic (exact) mass is 334 g/mol. The molecule has 0 unspecified atom stereocenters. The van der Waals surface area contributed by atoms with E-state index in [0.717, 1.165) is 23.5 Å². The van der Waals surface area contributed by atoms with Crippen LogP contribution in [0.4, 0.5) is 0 Å². The summed E-state index contributed by atoms with van der Waals surface area (Å²) in [5.74, 6) is 1.10. The van der Waals surface area contributed by atoms with Gasteiger partial charge in [-0.2, -0.15) is 0 Å². The molecular weight excluding hydrogens is 312 g/mol. The molecule has 3 rings (SSSR count). The number of amides is 1. The number of nitrogens with zero attached hydrogens (tertiary/aromatic N) is 3. The second-order valence-corrected chi connectivity index (χ2v) is 7.30. The normalized spacial score (nSPS) is 14.4. The maximum atomic E-state index is 12.6. The van der Waals surface area contributed by atoms with Crippen LogP contribution in [-0.2, 0) is 11.3 Å². The van der Waals surface area contributed by atoms with Crippen LogP contribution in [0, 0.1) is 5.92 Å². The topological polar surface area (TPSA) is 68.9 Å². The molecule has 0 atom stereocenters. The molecule has 0 saturated heterocycles. The minimum absolute atomic E-state index is 0.0214. The van der Waals surface area contributed by atoms with Crippen LogP contribution in [0.5, 0.6) is 0 Å². The first-order chi connectivity index (χ1) is 11.1. The van der Waals surface area contributed by atoms with E-state index in [1.54, 1.807) is 11.3 Å². The van der Waals surface area contributed by atoms with E-state index in [1.165, 1.54) is 4.68 Å². The van der Waals surface area contributed by atoms with Crippen LogP contribution < -0.4 is 11.0 Å². The van der Waals surface area contributed by atoms with Crippen LogP contribution in [0.2, 0.25) is 0 Å². The quantitative estimate of drug-likeness (QED) is 0.844. The molecule has 1 N–H and O–H groups in total. The van der Waals surface area contributed by atoms with E-state index in [9.17, 15) is 9.59 Å². The van der Waals surface area contributed by atoms with Crippen LogP contribution >= 0.6 is 11.3 Å². The summed E-state index contributed by atoms with van der Waals surface area (Å²) in [4.78, 5) is 25.3. The molecule has 1 fully saturated rings. The molecule has 2 aromatic rings. The molecule has 0 radical (unpaired) electrons. The Kier molecular flexibility index (Phi) is 4.66. The van der Waals surface area contributed by atoms with Gasteiger partial charge in [0.05, 0.1) is 11.4 Å². The molecule has 1 amide bonds. The highest BCUT2D eigenvalue weighted by Crippen LogP contribution is 2.37. The van der Waals surface area contributed by atoms with Gasteiger partial charge in [-0.15, -0.1) is 16.4 Å². The van der Waals surface area contributed by atoms with Gasteiger partial charge in [-0.3, -0.25) is 9.36 Å². The maximum absolute atomic E-state index is 12.6. The first kappa shape index (κ1) is 16.0. The molecule has 0 spiro atoms. The van der Waals surface area contributed by atoms with Crippen LogP contribution in [0.3, 0.4) is 0 Å². The predicted molar refractivity (Wildman–Crippen MR) is 90.5 cm³/mol. The lowest BCUT2D eigenvalue weighted by Crippen LogP contribution is -2.32. The number of carbonyl (C=O) groups excluding carboxylic acids is 1. The summed E-state index contributed by atoms with van der Waals surface area (Å²) in [7, 11) is 0. The van der Waals surface area contributed by atoms with Crippen LogP contribution in [0.1, 0.15) is 39.2 Å². The number of carbonyl (C=O) groups is 1. The molecule has 0 bridgehead atoms. The van der Waals surface area contributed by atoms with Crippen molar-refractivity contribution in [2.24, 2.45) is 5.92 Å². The van der Waals surface area contributed by atoms with Crippen molar-refractivity contribution in [3.63, 3.8) is 0 Å². The summed E-state index contributed by atoms with van der Waals surface area (Å²) in [5.41, 5.74) is -0.0750. The lowest BCUT2D eigenvalue weighted by molar-refractivity contribution is -0.121. The zero-order valence-corrected chi connectivity index (χ0v) is 14.3. The number of thiophene rings is 1. The van der Waals surface area contributed by atoms with Gasteiger partial charge in [0.25, 0.3) is 0 Å². The van der Waals surface area contributed by atoms with Crippen molar-refractivity contribution in [1.29, 1.82) is 0 Å². The lowest BCUT2D eigenvalue weighted by atomic mass is 10.1. The van der Waals surface area contributed by atoms with Gasteiger partial charge in [0.15, 0.2) is 5.82 Å². The molecule has 124 valence electrons. The van der Waals surface area contributed by atoms with Gasteiger partial charge in [0.2, 0.25) is 5.91 Å². The molecule has 2 aromatic heterocycles. The summed E-state index contributed by atoms with van der Waals surface area (Å²) >= 11 is 1.59. The summed E-state index contributed by atoms with van der Waals surface area (Å²) < 4.78 is 3.28. The van der Waals surface area contributed by atoms with E-state index in [2.05, 4.69) is 10.4 Å². The molecule has 0 aliphatic heterocycles. The van der Waals surface area contributed by atoms with Gasteiger partial charge in [-0.05, 0) is 30.2 Å². The third-order valence-corrected chi connectivity index (χ3v) is 4.63. The van der Waals surface area contributed by atoms with Crippen molar-refractivity contribution in [3.05, 3.63) is 28.0 Å². The lowest BCUT2D eigenvalue weighted by Gasteiger charge is -2.06. The molecule has 1 aliphatic rings. The van der Waals surface area contributed by atoms with E-state index >= 15 is 0 Å². The average Bonchev–Trinajstić information content (AvgIpc) is 3.06.